The number of hydrogen-bond donors (Lipinski definition) is 2. The Bertz CT molecular complexity index is 532. The summed E-state index contributed by atoms with van der Waals surface area (Å²) in [4.78, 5) is 6.70. The average molecular weight is 351 g/mol. The molecule has 1 aromatic rings. The molecule has 6 heteroatoms. The van der Waals surface area contributed by atoms with Gasteiger partial charge in [0.15, 0.2) is 17.5 Å². The van der Waals surface area contributed by atoms with Crippen LogP contribution in [0.25, 0.3) is 0 Å². The summed E-state index contributed by atoms with van der Waals surface area (Å²) in [7, 11) is 5.10. The van der Waals surface area contributed by atoms with E-state index in [2.05, 4.69) is 47.4 Å². The maximum Gasteiger partial charge on any atom is 0.191 e. The second-order valence-electron chi connectivity index (χ2n) is 6.09. The lowest BCUT2D eigenvalue weighted by atomic mass is 10.1. The molecule has 0 bridgehead atoms. The molecule has 25 heavy (non-hydrogen) atoms. The van der Waals surface area contributed by atoms with E-state index in [1.807, 2.05) is 12.1 Å². The van der Waals surface area contributed by atoms with Gasteiger partial charge < -0.3 is 20.1 Å². The number of nitrogens with zero attached hydrogens (tertiary/aromatic N) is 2. The minimum atomic E-state index is 0.562. The van der Waals surface area contributed by atoms with Crippen molar-refractivity contribution in [3.8, 4) is 11.5 Å². The van der Waals surface area contributed by atoms with Crippen LogP contribution in [0.2, 0.25) is 0 Å². The van der Waals surface area contributed by atoms with E-state index in [1.54, 1.807) is 21.3 Å². The van der Waals surface area contributed by atoms with Crippen molar-refractivity contribution in [2.45, 2.75) is 33.2 Å². The number of nitrogens with one attached hydrogen (secondary N) is 2. The Morgan fingerprint density at radius 1 is 1.12 bits per heavy atom. The SMILES string of the molecule is CCN(CCNC(=NC)NCCc1ccc(OC)c(OC)c1)C(C)C. The number of methoxy groups -OCH3 is 2. The topological polar surface area (TPSA) is 58.1 Å². The largest absolute Gasteiger partial charge is 0.493 e. The molecular formula is C19H34N4O2. The molecule has 6 nitrogen and oxygen atoms in total. The first-order chi connectivity index (χ1) is 12.0. The molecule has 0 saturated heterocycles. The Kier molecular flexibility index (Phi) is 9.77. The number of benzene rings is 1. The van der Waals surface area contributed by atoms with Crippen molar-refractivity contribution in [3.05, 3.63) is 23.8 Å². The van der Waals surface area contributed by atoms with E-state index in [0.717, 1.165) is 50.1 Å². The van der Waals surface area contributed by atoms with E-state index >= 15 is 0 Å². The number of hydrogen-bond acceptors (Lipinski definition) is 4. The van der Waals surface area contributed by atoms with Crippen LogP contribution in [0, 0.1) is 0 Å². The molecule has 142 valence electrons. The predicted molar refractivity (Wildman–Crippen MR) is 105 cm³/mol. The Morgan fingerprint density at radius 2 is 1.80 bits per heavy atom. The van der Waals surface area contributed by atoms with Gasteiger partial charge in [0.05, 0.1) is 14.2 Å². The van der Waals surface area contributed by atoms with E-state index < -0.39 is 0 Å². The lowest BCUT2D eigenvalue weighted by Gasteiger charge is -2.25. The second kappa shape index (κ2) is 11.6. The summed E-state index contributed by atoms with van der Waals surface area (Å²) in [6.07, 6.45) is 0.883. The van der Waals surface area contributed by atoms with Crippen molar-refractivity contribution < 1.29 is 9.47 Å². The fraction of sp³-hybridized carbons (Fsp3) is 0.632. The quantitative estimate of drug-likeness (QED) is 0.500. The van der Waals surface area contributed by atoms with Crippen LogP contribution < -0.4 is 20.1 Å². The third-order valence-electron chi connectivity index (χ3n) is 4.21. The van der Waals surface area contributed by atoms with E-state index in [4.69, 9.17) is 9.47 Å². The lowest BCUT2D eigenvalue weighted by Crippen LogP contribution is -2.43. The van der Waals surface area contributed by atoms with Crippen LogP contribution in [-0.2, 0) is 6.42 Å². The zero-order valence-electron chi connectivity index (χ0n) is 16.6. The standard InChI is InChI=1S/C19H34N4O2/c1-7-23(15(2)3)13-12-22-19(20-4)21-11-10-16-8-9-17(24-5)18(14-16)25-6/h8-9,14-15H,7,10-13H2,1-6H3,(H2,20,21,22). The first kappa shape index (κ1) is 21.1. The zero-order valence-corrected chi connectivity index (χ0v) is 16.6. The summed E-state index contributed by atoms with van der Waals surface area (Å²) in [5.74, 6) is 2.35. The molecule has 0 aliphatic carbocycles. The molecule has 0 atom stereocenters. The summed E-state index contributed by atoms with van der Waals surface area (Å²) in [6, 6.07) is 6.57. The third-order valence-corrected chi connectivity index (χ3v) is 4.21. The monoisotopic (exact) mass is 350 g/mol. The maximum absolute atomic E-state index is 5.34. The van der Waals surface area contributed by atoms with Crippen molar-refractivity contribution in [2.75, 3.05) is 47.4 Å². The molecule has 0 aliphatic rings. The minimum Gasteiger partial charge on any atom is -0.493 e. The summed E-state index contributed by atoms with van der Waals surface area (Å²) >= 11 is 0. The Balaban J connectivity index is 2.40. The molecule has 0 radical (unpaired) electrons. The highest BCUT2D eigenvalue weighted by Crippen LogP contribution is 2.27. The van der Waals surface area contributed by atoms with Crippen LogP contribution in [0.1, 0.15) is 26.3 Å². The Morgan fingerprint density at radius 3 is 2.36 bits per heavy atom. The van der Waals surface area contributed by atoms with Crippen LogP contribution >= 0.6 is 0 Å². The smallest absolute Gasteiger partial charge is 0.191 e. The summed E-state index contributed by atoms with van der Waals surface area (Å²) in [5.41, 5.74) is 1.19. The maximum atomic E-state index is 5.34. The van der Waals surface area contributed by atoms with Gasteiger partial charge in [-0.25, -0.2) is 0 Å². The van der Waals surface area contributed by atoms with Crippen LogP contribution in [0.4, 0.5) is 0 Å². The summed E-state index contributed by atoms with van der Waals surface area (Å²) in [5, 5.41) is 6.72. The van der Waals surface area contributed by atoms with Crippen molar-refractivity contribution >= 4 is 5.96 Å². The highest BCUT2D eigenvalue weighted by Gasteiger charge is 2.07. The van der Waals surface area contributed by atoms with Crippen LogP contribution in [-0.4, -0.2) is 64.3 Å². The van der Waals surface area contributed by atoms with Crippen molar-refractivity contribution in [3.63, 3.8) is 0 Å². The van der Waals surface area contributed by atoms with Gasteiger partial charge in [0.1, 0.15) is 0 Å². The zero-order chi connectivity index (χ0) is 18.7. The van der Waals surface area contributed by atoms with Gasteiger partial charge >= 0.3 is 0 Å². The van der Waals surface area contributed by atoms with Gasteiger partial charge in [0, 0.05) is 32.7 Å². The third kappa shape index (κ3) is 7.22. The highest BCUT2D eigenvalue weighted by atomic mass is 16.5. The minimum absolute atomic E-state index is 0.562. The molecule has 1 aromatic carbocycles. The van der Waals surface area contributed by atoms with Gasteiger partial charge in [-0.05, 0) is 44.5 Å². The Labute approximate surface area is 152 Å². The second-order valence-corrected chi connectivity index (χ2v) is 6.09. The molecule has 0 aromatic heterocycles. The van der Waals surface area contributed by atoms with Crippen molar-refractivity contribution in [1.29, 1.82) is 0 Å². The van der Waals surface area contributed by atoms with Gasteiger partial charge in [0.25, 0.3) is 0 Å². The molecule has 2 N–H and O–H groups in total. The van der Waals surface area contributed by atoms with Gasteiger partial charge in [-0.3, -0.25) is 9.89 Å². The van der Waals surface area contributed by atoms with Crippen molar-refractivity contribution in [1.82, 2.24) is 15.5 Å². The first-order valence-corrected chi connectivity index (χ1v) is 8.95. The van der Waals surface area contributed by atoms with Crippen LogP contribution in [0.15, 0.2) is 23.2 Å². The average Bonchev–Trinajstić information content (AvgIpc) is 2.63. The molecule has 0 saturated carbocycles. The normalized spacial score (nSPS) is 11.8. The first-order valence-electron chi connectivity index (χ1n) is 8.95. The molecule has 0 fully saturated rings. The van der Waals surface area contributed by atoms with E-state index in [-0.39, 0.29) is 0 Å². The van der Waals surface area contributed by atoms with E-state index in [1.165, 1.54) is 5.56 Å². The number of aliphatic imine (C=N–C) groups is 1. The van der Waals surface area contributed by atoms with Gasteiger partial charge in [-0.2, -0.15) is 0 Å². The number of rotatable bonds is 10. The lowest BCUT2D eigenvalue weighted by molar-refractivity contribution is 0.237. The van der Waals surface area contributed by atoms with Crippen LogP contribution in [0.5, 0.6) is 11.5 Å². The fourth-order valence-corrected chi connectivity index (χ4v) is 2.68. The van der Waals surface area contributed by atoms with Crippen LogP contribution in [0.3, 0.4) is 0 Å². The van der Waals surface area contributed by atoms with E-state index in [9.17, 15) is 0 Å². The number of guanidine groups is 1. The number of likely N-dealkylation sites (N-methyl/N-ethyl adjacent to an activating group) is 1. The number of ether oxygens (including phenoxy) is 2. The predicted octanol–water partition coefficient (Wildman–Crippen LogP) is 2.14. The molecule has 0 spiro atoms. The Hall–Kier alpha value is -1.95. The fourth-order valence-electron chi connectivity index (χ4n) is 2.68. The summed E-state index contributed by atoms with van der Waals surface area (Å²) in [6.45, 7) is 10.4. The molecule has 1 rings (SSSR count). The van der Waals surface area contributed by atoms with Gasteiger partial charge in [-0.1, -0.05) is 13.0 Å². The van der Waals surface area contributed by atoms with Crippen molar-refractivity contribution in [2.24, 2.45) is 4.99 Å². The van der Waals surface area contributed by atoms with Gasteiger partial charge in [0.2, 0.25) is 0 Å². The molecule has 0 heterocycles. The summed E-state index contributed by atoms with van der Waals surface area (Å²) < 4.78 is 10.6. The van der Waals surface area contributed by atoms with E-state index in [0.29, 0.717) is 6.04 Å². The highest BCUT2D eigenvalue weighted by molar-refractivity contribution is 5.79. The molecule has 0 amide bonds. The van der Waals surface area contributed by atoms with Gasteiger partial charge in [-0.15, -0.1) is 0 Å². The molecular weight excluding hydrogens is 316 g/mol. The molecule has 0 aliphatic heterocycles. The molecule has 0 unspecified atom stereocenters.